The Bertz CT molecular complexity index is 3170. The number of ether oxygens (including phenoxy) is 6. The number of carbonyl (C=O) groups is 6. The van der Waals surface area contributed by atoms with E-state index >= 15 is 0 Å². The molecule has 22 heteroatoms. The third kappa shape index (κ3) is 9.59. The number of Topliss-reactive ketones (excluding diaryl/α,β-unsaturated/α-hetero) is 2. The lowest BCUT2D eigenvalue weighted by Crippen LogP contribution is -2.49. The van der Waals surface area contributed by atoms with E-state index in [0.29, 0.717) is 19.3 Å². The van der Waals surface area contributed by atoms with Crippen molar-refractivity contribution in [2.75, 3.05) is 14.2 Å². The Morgan fingerprint density at radius 2 is 0.963 bits per heavy atom. The second kappa shape index (κ2) is 21.6. The van der Waals surface area contributed by atoms with Crippen LogP contribution in [0.1, 0.15) is 171 Å². The molecule has 0 bridgehead atoms. The number of phenols is 4. The first-order valence-corrected chi connectivity index (χ1v) is 26.7. The Morgan fingerprint density at radius 1 is 0.593 bits per heavy atom. The van der Waals surface area contributed by atoms with Gasteiger partial charge in [0.25, 0.3) is 0 Å². The van der Waals surface area contributed by atoms with E-state index in [1.54, 1.807) is 26.3 Å². The molecular formula is C59H62N2O20. The minimum absolute atomic E-state index is 0.0401. The minimum atomic E-state index is -2.13. The normalized spacial score (nSPS) is 29.6. The Balaban J connectivity index is 0.809. The first kappa shape index (κ1) is 57.0. The first-order chi connectivity index (χ1) is 38.4. The third-order valence-corrected chi connectivity index (χ3v) is 16.7. The minimum Gasteiger partial charge on any atom is -0.507 e. The molecule has 4 aliphatic carbocycles. The fourth-order valence-electron chi connectivity index (χ4n) is 12.2. The zero-order valence-electron chi connectivity index (χ0n) is 45.1. The number of aromatic hydroxyl groups is 4. The van der Waals surface area contributed by atoms with Gasteiger partial charge in [-0.05, 0) is 71.5 Å². The van der Waals surface area contributed by atoms with Gasteiger partial charge in [0.2, 0.25) is 11.6 Å². The Labute approximate surface area is 463 Å². The van der Waals surface area contributed by atoms with Crippen molar-refractivity contribution >= 4 is 47.1 Å². The Kier molecular flexibility index (Phi) is 15.2. The van der Waals surface area contributed by atoms with Crippen molar-refractivity contribution in [1.29, 1.82) is 0 Å². The highest BCUT2D eigenvalue weighted by Crippen LogP contribution is 2.55. The van der Waals surface area contributed by atoms with Gasteiger partial charge in [-0.3, -0.25) is 38.8 Å². The van der Waals surface area contributed by atoms with Gasteiger partial charge < -0.3 is 69.3 Å². The lowest BCUT2D eigenvalue weighted by Gasteiger charge is -2.42. The summed E-state index contributed by atoms with van der Waals surface area (Å²) in [5.41, 5.74) is -7.11. The maximum Gasteiger partial charge on any atom is 0.202 e. The average Bonchev–Trinajstić information content (AvgIpc) is 1.74. The lowest BCUT2D eigenvalue weighted by molar-refractivity contribution is -0.247. The molecule has 0 amide bonds. The zero-order chi connectivity index (χ0) is 58.3. The molecule has 2 aliphatic heterocycles. The first-order valence-electron chi connectivity index (χ1n) is 26.7. The highest BCUT2D eigenvalue weighted by molar-refractivity contribution is 6.32. The number of ketones is 6. The SMILES string of the molecule is COc1cccc2c1C(=O)c1c(O)c3c(c(O)c1C2=O)C[C@@](O)(C(C)=O)C[C@@H]3OC1CC(N=CCCCC=NC2CC(O[C@H]3C[C@](O)(C(C)=O)Cc4c(O)c5c(c(O)c43)C(=O)c3c(OC)cccc3C5=O)OC(C)C2O)C(O)C(C)O1. The number of benzene rings is 4. The molecule has 0 saturated carbocycles. The largest absolute Gasteiger partial charge is 0.507 e. The molecular weight excluding hydrogens is 1060 g/mol. The van der Waals surface area contributed by atoms with E-state index in [9.17, 15) is 69.6 Å². The van der Waals surface area contributed by atoms with Crippen LogP contribution in [0.2, 0.25) is 0 Å². The predicted octanol–water partition coefficient (Wildman–Crippen LogP) is 4.47. The van der Waals surface area contributed by atoms with Crippen LogP contribution < -0.4 is 9.47 Å². The van der Waals surface area contributed by atoms with Crippen molar-refractivity contribution < 1.29 is 98.0 Å². The summed E-state index contributed by atoms with van der Waals surface area (Å²) in [4.78, 5) is 91.1. The molecule has 22 nitrogen and oxygen atoms in total. The molecule has 2 heterocycles. The van der Waals surface area contributed by atoms with Gasteiger partial charge in [0.1, 0.15) is 57.9 Å². The standard InChI is InChI=1S/C59H62N2O20/c1-24-48(64)32(18-38(78-24)80-36-22-58(74,26(3)62)20-30-42(36)56(72)46-44(52(30)68)50(66)28-12-10-14-34(76-5)40(28)54(46)70)60-16-8-7-9-17-61-33-19-39(79-25(2)49(33)65)81-37-23-59(75,27(4)63)21-31-43(37)57(73)47-45(53(31)69)51(67)29-13-11-15-35(77-6)41(29)55(47)71/h10-17,24-25,32-33,36-39,48-49,64-65,68-69,72-75H,7-9,18-23H2,1-6H3/t24?,25?,32?,33?,36-,37-,38?,39?,48?,49?,58-,59-/m0/s1. The van der Waals surface area contributed by atoms with Crippen LogP contribution >= 0.6 is 0 Å². The molecule has 2 saturated heterocycles. The number of aliphatic hydroxyl groups excluding tert-OH is 2. The summed E-state index contributed by atoms with van der Waals surface area (Å²) in [6.45, 7) is 5.50. The number of methoxy groups -OCH3 is 2. The third-order valence-electron chi connectivity index (χ3n) is 16.7. The zero-order valence-corrected chi connectivity index (χ0v) is 45.1. The molecule has 81 heavy (non-hydrogen) atoms. The summed E-state index contributed by atoms with van der Waals surface area (Å²) in [6.07, 6.45) is -6.34. The number of unbranched alkanes of at least 4 members (excludes halogenated alkanes) is 2. The number of fused-ring (bicyclic) bond motifs is 6. The van der Waals surface area contributed by atoms with Gasteiger partial charge in [-0.25, -0.2) is 0 Å². The van der Waals surface area contributed by atoms with Crippen LogP contribution in [-0.2, 0) is 41.4 Å². The number of rotatable bonds is 14. The Hall–Kier alpha value is -7.28. The van der Waals surface area contributed by atoms with Crippen LogP contribution in [0.4, 0.5) is 0 Å². The van der Waals surface area contributed by atoms with Crippen molar-refractivity contribution in [2.24, 2.45) is 9.98 Å². The molecule has 0 radical (unpaired) electrons. The summed E-state index contributed by atoms with van der Waals surface area (Å²) < 4.78 is 35.6. The molecule has 0 spiro atoms. The molecule has 8 unspecified atom stereocenters. The number of phenolic OH excluding ortho intramolecular Hbond substituents is 4. The second-order valence-corrected chi connectivity index (χ2v) is 21.7. The molecule has 2 fully saturated rings. The van der Waals surface area contributed by atoms with Gasteiger partial charge in [-0.15, -0.1) is 0 Å². The molecule has 4 aromatic rings. The topological polar surface area (TPSA) is 344 Å². The number of aliphatic imine (C=N–C) groups is 2. The average molecular weight is 1120 g/mol. The maximum atomic E-state index is 14.1. The van der Waals surface area contributed by atoms with Crippen LogP contribution in [0.5, 0.6) is 34.5 Å². The molecule has 8 N–H and O–H groups in total. The van der Waals surface area contributed by atoms with Gasteiger partial charge in [0.15, 0.2) is 35.7 Å². The molecule has 12 atom stereocenters. The van der Waals surface area contributed by atoms with Gasteiger partial charge in [0.05, 0.1) is 84.1 Å². The number of carbonyl (C=O) groups excluding carboxylic acids is 6. The van der Waals surface area contributed by atoms with Gasteiger partial charge in [0, 0.05) is 71.9 Å². The van der Waals surface area contributed by atoms with Gasteiger partial charge >= 0.3 is 0 Å². The quantitative estimate of drug-likeness (QED) is 0.0424. The number of hydrogen-bond acceptors (Lipinski definition) is 22. The monoisotopic (exact) mass is 1120 g/mol. The van der Waals surface area contributed by atoms with Crippen LogP contribution in [0.25, 0.3) is 0 Å². The maximum absolute atomic E-state index is 14.1. The van der Waals surface area contributed by atoms with Crippen LogP contribution in [0.3, 0.4) is 0 Å². The van der Waals surface area contributed by atoms with Gasteiger partial charge in [-0.1, -0.05) is 24.3 Å². The smallest absolute Gasteiger partial charge is 0.202 e. The predicted molar refractivity (Wildman–Crippen MR) is 283 cm³/mol. The second-order valence-electron chi connectivity index (χ2n) is 21.7. The summed E-state index contributed by atoms with van der Waals surface area (Å²) in [5, 5.41) is 92.9. The van der Waals surface area contributed by atoms with Crippen molar-refractivity contribution in [3.05, 3.63) is 103 Å². The van der Waals surface area contributed by atoms with Crippen LogP contribution in [0, 0.1) is 0 Å². The van der Waals surface area contributed by atoms with E-state index in [-0.39, 0.29) is 68.8 Å². The number of hydrogen-bond donors (Lipinski definition) is 8. The Morgan fingerprint density at radius 3 is 1.32 bits per heavy atom. The number of nitrogens with zero attached hydrogens (tertiary/aromatic N) is 2. The fraction of sp³-hybridized carbons (Fsp3) is 0.458. The summed E-state index contributed by atoms with van der Waals surface area (Å²) in [7, 11) is 2.63. The highest BCUT2D eigenvalue weighted by atomic mass is 16.7. The highest BCUT2D eigenvalue weighted by Gasteiger charge is 2.52. The summed E-state index contributed by atoms with van der Waals surface area (Å²) in [5.74, 6) is -7.11. The molecule has 6 aliphatic rings. The van der Waals surface area contributed by atoms with Crippen molar-refractivity contribution in [2.45, 2.75) is 158 Å². The van der Waals surface area contributed by atoms with E-state index in [1.807, 2.05) is 0 Å². The van der Waals surface area contributed by atoms with Crippen LogP contribution in [-0.4, -0.2) is 162 Å². The lowest BCUT2D eigenvalue weighted by atomic mass is 9.72. The van der Waals surface area contributed by atoms with Crippen LogP contribution in [0.15, 0.2) is 46.4 Å². The molecule has 4 aromatic carbocycles. The van der Waals surface area contributed by atoms with Crippen molar-refractivity contribution in [3.8, 4) is 34.5 Å². The van der Waals surface area contributed by atoms with E-state index in [0.717, 1.165) is 13.8 Å². The molecule has 428 valence electrons. The number of aliphatic hydroxyl groups is 4. The fourth-order valence-corrected chi connectivity index (χ4v) is 12.2. The van der Waals surface area contributed by atoms with Crippen molar-refractivity contribution in [1.82, 2.24) is 0 Å². The molecule has 0 aromatic heterocycles. The van der Waals surface area contributed by atoms with E-state index in [2.05, 4.69) is 9.98 Å². The summed E-state index contributed by atoms with van der Waals surface area (Å²) >= 11 is 0. The van der Waals surface area contributed by atoms with E-state index in [4.69, 9.17) is 28.4 Å². The van der Waals surface area contributed by atoms with E-state index < -0.39 is 178 Å². The molecule has 10 rings (SSSR count). The van der Waals surface area contributed by atoms with E-state index in [1.165, 1.54) is 50.6 Å². The summed E-state index contributed by atoms with van der Waals surface area (Å²) in [6, 6.07) is 7.16. The van der Waals surface area contributed by atoms with Crippen molar-refractivity contribution in [3.63, 3.8) is 0 Å². The van der Waals surface area contributed by atoms with Gasteiger partial charge in [-0.2, -0.15) is 0 Å².